The van der Waals surface area contributed by atoms with Crippen LogP contribution in [0.25, 0.3) is 0 Å². The summed E-state index contributed by atoms with van der Waals surface area (Å²) < 4.78 is 38.3. The fourth-order valence-electron chi connectivity index (χ4n) is 4.37. The summed E-state index contributed by atoms with van der Waals surface area (Å²) in [5.41, 5.74) is 0.894. The minimum Gasteiger partial charge on any atom is -0.481 e. The average Bonchev–Trinajstić information content (AvgIpc) is 3.08. The van der Waals surface area contributed by atoms with Crippen LogP contribution in [0.15, 0.2) is 30.3 Å². The van der Waals surface area contributed by atoms with E-state index in [9.17, 15) is 27.9 Å². The molecule has 1 amide bonds. The molecule has 0 radical (unpaired) electrons. The van der Waals surface area contributed by atoms with Crippen molar-refractivity contribution in [3.63, 3.8) is 0 Å². The molecule has 3 rings (SSSR count). The van der Waals surface area contributed by atoms with E-state index in [1.54, 1.807) is 4.90 Å². The highest BCUT2D eigenvalue weighted by atomic mass is 19.4. The minimum absolute atomic E-state index is 0.0462. The number of hydrogen-bond acceptors (Lipinski definition) is 2. The number of carbonyl (C=O) groups excluding carboxylic acids is 1. The first-order chi connectivity index (χ1) is 12.8. The van der Waals surface area contributed by atoms with Crippen LogP contribution in [0.4, 0.5) is 13.2 Å². The molecular weight excluding hydrogens is 359 g/mol. The number of nitrogens with zero attached hydrogens (tertiary/aromatic N) is 1. The second-order valence-corrected chi connectivity index (χ2v) is 7.72. The predicted molar refractivity (Wildman–Crippen MR) is 93.0 cm³/mol. The smallest absolute Gasteiger partial charge is 0.391 e. The first kappa shape index (κ1) is 19.7. The summed E-state index contributed by atoms with van der Waals surface area (Å²) in [6.07, 6.45) is -3.00. The van der Waals surface area contributed by atoms with Crippen LogP contribution in [0.1, 0.15) is 43.6 Å². The van der Waals surface area contributed by atoms with Crippen LogP contribution in [-0.2, 0) is 9.59 Å². The molecule has 2 fully saturated rings. The summed E-state index contributed by atoms with van der Waals surface area (Å²) in [4.78, 5) is 25.9. The molecule has 148 valence electrons. The number of hydrogen-bond donors (Lipinski definition) is 1. The number of carboxylic acids is 1. The standard InChI is InChI=1S/C20H24F3NO3/c21-20(22,23)15-8-6-13(7-9-15)10-18(25)24-11-16(17(12-24)19(26)27)14-4-2-1-3-5-14/h1-5,13,15-17H,6-12H2,(H,26,27)/t13?,15?,16-,17-/m1/s1. The van der Waals surface area contributed by atoms with Crippen LogP contribution in [0.2, 0.25) is 0 Å². The van der Waals surface area contributed by atoms with Gasteiger partial charge in [-0.05, 0) is 37.2 Å². The van der Waals surface area contributed by atoms with Crippen molar-refractivity contribution in [3.05, 3.63) is 35.9 Å². The minimum atomic E-state index is -4.15. The normalized spacial score (nSPS) is 28.9. The van der Waals surface area contributed by atoms with E-state index in [2.05, 4.69) is 0 Å². The third kappa shape index (κ3) is 4.62. The number of likely N-dealkylation sites (tertiary alicyclic amines) is 1. The first-order valence-electron chi connectivity index (χ1n) is 9.38. The summed E-state index contributed by atoms with van der Waals surface area (Å²) in [5.74, 6) is -3.28. The fourth-order valence-corrected chi connectivity index (χ4v) is 4.37. The van der Waals surface area contributed by atoms with E-state index >= 15 is 0 Å². The van der Waals surface area contributed by atoms with E-state index in [1.807, 2.05) is 30.3 Å². The van der Waals surface area contributed by atoms with Crippen LogP contribution in [0.5, 0.6) is 0 Å². The zero-order chi connectivity index (χ0) is 19.6. The van der Waals surface area contributed by atoms with Gasteiger partial charge in [0.25, 0.3) is 0 Å². The number of carboxylic acid groups (broad SMARTS) is 1. The molecule has 1 saturated carbocycles. The molecule has 1 heterocycles. The van der Waals surface area contributed by atoms with Crippen LogP contribution in [0, 0.1) is 17.8 Å². The second-order valence-electron chi connectivity index (χ2n) is 7.72. The molecule has 27 heavy (non-hydrogen) atoms. The predicted octanol–water partition coefficient (Wildman–Crippen LogP) is 4.07. The number of benzene rings is 1. The van der Waals surface area contributed by atoms with Gasteiger partial charge in [0.1, 0.15) is 0 Å². The van der Waals surface area contributed by atoms with E-state index in [0.29, 0.717) is 19.4 Å². The van der Waals surface area contributed by atoms with Gasteiger partial charge in [-0.3, -0.25) is 9.59 Å². The molecule has 7 heteroatoms. The summed E-state index contributed by atoms with van der Waals surface area (Å²) in [6, 6.07) is 9.28. The van der Waals surface area contributed by atoms with E-state index in [4.69, 9.17) is 0 Å². The molecule has 1 aromatic rings. The zero-order valence-corrected chi connectivity index (χ0v) is 15.0. The van der Waals surface area contributed by atoms with Crippen molar-refractivity contribution in [1.82, 2.24) is 4.90 Å². The Morgan fingerprint density at radius 1 is 1.04 bits per heavy atom. The van der Waals surface area contributed by atoms with Gasteiger partial charge in [-0.1, -0.05) is 30.3 Å². The number of aliphatic carboxylic acids is 1. The van der Waals surface area contributed by atoms with Crippen LogP contribution in [0.3, 0.4) is 0 Å². The SMILES string of the molecule is O=C(O)[C@@H]1CN(C(=O)CC2CCC(C(F)(F)F)CC2)C[C@@H]1c1ccccc1. The van der Waals surface area contributed by atoms with Gasteiger partial charge in [0.15, 0.2) is 0 Å². The van der Waals surface area contributed by atoms with Crippen molar-refractivity contribution in [2.45, 2.75) is 44.2 Å². The molecule has 4 nitrogen and oxygen atoms in total. The highest BCUT2D eigenvalue weighted by molar-refractivity contribution is 5.79. The van der Waals surface area contributed by atoms with Crippen LogP contribution >= 0.6 is 0 Å². The lowest BCUT2D eigenvalue weighted by atomic mass is 9.80. The highest BCUT2D eigenvalue weighted by Crippen LogP contribution is 2.41. The van der Waals surface area contributed by atoms with Gasteiger partial charge in [0.05, 0.1) is 11.8 Å². The molecule has 2 atom stereocenters. The van der Waals surface area contributed by atoms with Crippen molar-refractivity contribution in [2.24, 2.45) is 17.8 Å². The zero-order valence-electron chi connectivity index (χ0n) is 15.0. The lowest BCUT2D eigenvalue weighted by molar-refractivity contribution is -0.184. The van der Waals surface area contributed by atoms with Crippen molar-refractivity contribution >= 4 is 11.9 Å². The highest BCUT2D eigenvalue weighted by Gasteiger charge is 2.43. The van der Waals surface area contributed by atoms with E-state index in [1.165, 1.54) is 0 Å². The van der Waals surface area contributed by atoms with E-state index in [0.717, 1.165) is 5.56 Å². The van der Waals surface area contributed by atoms with Gasteiger partial charge in [-0.25, -0.2) is 0 Å². The Morgan fingerprint density at radius 3 is 2.22 bits per heavy atom. The lowest BCUT2D eigenvalue weighted by Crippen LogP contribution is -2.33. The second kappa shape index (κ2) is 7.90. The van der Waals surface area contributed by atoms with E-state index in [-0.39, 0.29) is 43.6 Å². The maximum Gasteiger partial charge on any atom is 0.391 e. The Balaban J connectivity index is 1.59. The summed E-state index contributed by atoms with van der Waals surface area (Å²) in [5, 5.41) is 9.53. The van der Waals surface area contributed by atoms with Gasteiger partial charge in [-0.2, -0.15) is 13.2 Å². The van der Waals surface area contributed by atoms with Crippen molar-refractivity contribution in [3.8, 4) is 0 Å². The number of halogens is 3. The van der Waals surface area contributed by atoms with Gasteiger partial charge in [-0.15, -0.1) is 0 Å². The third-order valence-corrected chi connectivity index (χ3v) is 5.99. The Bertz CT molecular complexity index is 669. The van der Waals surface area contributed by atoms with Crippen molar-refractivity contribution in [1.29, 1.82) is 0 Å². The van der Waals surface area contributed by atoms with Crippen molar-refractivity contribution < 1.29 is 27.9 Å². The molecule has 1 N–H and O–H groups in total. The quantitative estimate of drug-likeness (QED) is 0.853. The molecule has 1 aliphatic heterocycles. The van der Waals surface area contributed by atoms with Gasteiger partial charge < -0.3 is 10.0 Å². The Kier molecular flexibility index (Phi) is 5.77. The van der Waals surface area contributed by atoms with Crippen molar-refractivity contribution in [2.75, 3.05) is 13.1 Å². The lowest BCUT2D eigenvalue weighted by Gasteiger charge is -2.30. The third-order valence-electron chi connectivity index (χ3n) is 5.99. The van der Waals surface area contributed by atoms with E-state index < -0.39 is 24.0 Å². The number of alkyl halides is 3. The first-order valence-corrected chi connectivity index (χ1v) is 9.38. The van der Waals surface area contributed by atoms with Crippen LogP contribution in [-0.4, -0.2) is 41.1 Å². The Morgan fingerprint density at radius 2 is 1.67 bits per heavy atom. The monoisotopic (exact) mass is 383 g/mol. The summed E-state index contributed by atoms with van der Waals surface area (Å²) >= 11 is 0. The summed E-state index contributed by atoms with van der Waals surface area (Å²) in [6.45, 7) is 0.503. The van der Waals surface area contributed by atoms with Gasteiger partial charge in [0.2, 0.25) is 5.91 Å². The molecule has 0 unspecified atom stereocenters. The number of amides is 1. The largest absolute Gasteiger partial charge is 0.481 e. The van der Waals surface area contributed by atoms with Gasteiger partial charge in [0, 0.05) is 25.4 Å². The molecule has 1 saturated heterocycles. The van der Waals surface area contributed by atoms with Crippen LogP contribution < -0.4 is 0 Å². The topological polar surface area (TPSA) is 57.6 Å². The average molecular weight is 383 g/mol. The molecule has 1 aliphatic carbocycles. The molecule has 0 spiro atoms. The maximum absolute atomic E-state index is 12.8. The fraction of sp³-hybridized carbons (Fsp3) is 0.600. The molecule has 0 bridgehead atoms. The Labute approximate surface area is 156 Å². The maximum atomic E-state index is 12.8. The number of carbonyl (C=O) groups is 2. The molecule has 2 aliphatic rings. The molecular formula is C20H24F3NO3. The molecule has 1 aromatic carbocycles. The summed E-state index contributed by atoms with van der Waals surface area (Å²) in [7, 11) is 0. The van der Waals surface area contributed by atoms with Gasteiger partial charge >= 0.3 is 12.1 Å². The molecule has 0 aromatic heterocycles. The number of rotatable bonds is 4. The Hall–Kier alpha value is -2.05.